The number of halogens is 3. The number of fused-ring (bicyclic) bond motifs is 1. The van der Waals surface area contributed by atoms with Gasteiger partial charge in [0.05, 0.1) is 16.1 Å². The predicted octanol–water partition coefficient (Wildman–Crippen LogP) is 4.34. The second-order valence-corrected chi connectivity index (χ2v) is 8.76. The zero-order chi connectivity index (χ0) is 20.3. The van der Waals surface area contributed by atoms with Gasteiger partial charge in [-0.1, -0.05) is 23.2 Å². The molecule has 1 amide bonds. The lowest BCUT2D eigenvalue weighted by Gasteiger charge is -2.33. The molecular weight excluding hydrogens is 438 g/mol. The number of benzene rings is 1. The lowest BCUT2D eigenvalue weighted by atomic mass is 10.1. The van der Waals surface area contributed by atoms with Gasteiger partial charge < -0.3 is 9.47 Å². The highest BCUT2D eigenvalue weighted by atomic mass is 35.5. The van der Waals surface area contributed by atoms with E-state index in [1.807, 2.05) is 11.5 Å². The van der Waals surface area contributed by atoms with Crippen molar-refractivity contribution in [1.82, 2.24) is 29.0 Å². The lowest BCUT2D eigenvalue weighted by Crippen LogP contribution is -2.41. The molecule has 1 aliphatic carbocycles. The maximum Gasteiger partial charge on any atom is 0.254 e. The molecule has 1 saturated carbocycles. The molecule has 3 heterocycles. The van der Waals surface area contributed by atoms with Crippen molar-refractivity contribution in [2.75, 3.05) is 6.54 Å². The van der Waals surface area contributed by atoms with Crippen LogP contribution in [0.1, 0.15) is 53.7 Å². The monoisotopic (exact) mass is 452 g/mol. The Labute approximate surface area is 179 Å². The number of rotatable bonds is 3. The fourth-order valence-electron chi connectivity index (χ4n) is 3.50. The van der Waals surface area contributed by atoms with Crippen molar-refractivity contribution in [3.05, 3.63) is 45.2 Å². The third kappa shape index (κ3) is 3.21. The highest BCUT2D eigenvalue weighted by Crippen LogP contribution is 2.40. The quantitative estimate of drug-likeness (QED) is 0.552. The van der Waals surface area contributed by atoms with Crippen molar-refractivity contribution in [2.24, 2.45) is 0 Å². The van der Waals surface area contributed by atoms with E-state index < -0.39 is 5.82 Å². The van der Waals surface area contributed by atoms with Gasteiger partial charge in [0.15, 0.2) is 22.5 Å². The summed E-state index contributed by atoms with van der Waals surface area (Å²) in [6, 6.07) is 2.27. The lowest BCUT2D eigenvalue weighted by molar-refractivity contribution is 0.0638. The molecule has 0 bridgehead atoms. The maximum atomic E-state index is 13.7. The Morgan fingerprint density at radius 1 is 1.21 bits per heavy atom. The zero-order valence-electron chi connectivity index (χ0n) is 15.3. The SMILES string of the molecule is C[C@@H]1c2nnc(-c3nc(C4CC4)ns3)n2CCN1C(=O)c1cc(Cl)c(F)c(Cl)c1. The molecule has 1 aromatic carbocycles. The summed E-state index contributed by atoms with van der Waals surface area (Å²) in [4.78, 5) is 19.3. The zero-order valence-corrected chi connectivity index (χ0v) is 17.6. The summed E-state index contributed by atoms with van der Waals surface area (Å²) >= 11 is 13.0. The van der Waals surface area contributed by atoms with Crippen LogP contribution in [0.4, 0.5) is 4.39 Å². The Morgan fingerprint density at radius 2 is 1.93 bits per heavy atom. The van der Waals surface area contributed by atoms with Gasteiger partial charge >= 0.3 is 0 Å². The molecule has 0 unspecified atom stereocenters. The van der Waals surface area contributed by atoms with E-state index >= 15 is 0 Å². The number of nitrogens with zero attached hydrogens (tertiary/aromatic N) is 6. The third-order valence-corrected chi connectivity index (χ3v) is 6.53. The molecule has 2 aliphatic rings. The van der Waals surface area contributed by atoms with E-state index in [9.17, 15) is 9.18 Å². The smallest absolute Gasteiger partial charge is 0.254 e. The van der Waals surface area contributed by atoms with E-state index in [1.54, 1.807) is 4.90 Å². The van der Waals surface area contributed by atoms with Crippen LogP contribution in [-0.2, 0) is 6.54 Å². The van der Waals surface area contributed by atoms with E-state index in [4.69, 9.17) is 23.2 Å². The molecule has 0 radical (unpaired) electrons. The molecule has 2 aromatic heterocycles. The van der Waals surface area contributed by atoms with Gasteiger partial charge in [0.25, 0.3) is 5.91 Å². The van der Waals surface area contributed by atoms with Crippen LogP contribution in [0.5, 0.6) is 0 Å². The summed E-state index contributed by atoms with van der Waals surface area (Å²) in [5.74, 6) is 1.68. The predicted molar refractivity (Wildman–Crippen MR) is 107 cm³/mol. The van der Waals surface area contributed by atoms with Crippen LogP contribution in [0.15, 0.2) is 12.1 Å². The van der Waals surface area contributed by atoms with Crippen LogP contribution in [-0.4, -0.2) is 41.5 Å². The Morgan fingerprint density at radius 3 is 2.62 bits per heavy atom. The summed E-state index contributed by atoms with van der Waals surface area (Å²) in [6.45, 7) is 2.84. The molecule has 1 fully saturated rings. The Bertz CT molecular complexity index is 1100. The number of aromatic nitrogens is 5. The Kier molecular flexibility index (Phi) is 4.56. The minimum Gasteiger partial charge on any atom is -0.327 e. The molecule has 1 atom stereocenters. The van der Waals surface area contributed by atoms with Crippen LogP contribution in [0.25, 0.3) is 10.8 Å². The molecule has 0 N–H and O–H groups in total. The summed E-state index contributed by atoms with van der Waals surface area (Å²) in [5, 5.41) is 9.00. The Hall–Kier alpha value is -2.10. The van der Waals surface area contributed by atoms with Gasteiger partial charge in [0.2, 0.25) is 0 Å². The second kappa shape index (κ2) is 7.00. The molecule has 1 aliphatic heterocycles. The normalized spacial score (nSPS) is 18.8. The minimum absolute atomic E-state index is 0.182. The van der Waals surface area contributed by atoms with Crippen LogP contribution >= 0.6 is 34.7 Å². The third-order valence-electron chi connectivity index (χ3n) is 5.25. The topological polar surface area (TPSA) is 76.8 Å². The minimum atomic E-state index is -0.733. The van der Waals surface area contributed by atoms with Gasteiger partial charge in [-0.15, -0.1) is 10.2 Å². The highest BCUT2D eigenvalue weighted by molar-refractivity contribution is 7.09. The van der Waals surface area contributed by atoms with E-state index in [-0.39, 0.29) is 27.6 Å². The molecule has 29 heavy (non-hydrogen) atoms. The number of carbonyl (C=O) groups excluding carboxylic acids is 1. The first-order chi connectivity index (χ1) is 13.9. The molecule has 3 aromatic rings. The molecule has 150 valence electrons. The van der Waals surface area contributed by atoms with E-state index in [0.29, 0.717) is 30.7 Å². The molecule has 0 saturated heterocycles. The fraction of sp³-hybridized carbons (Fsp3) is 0.389. The van der Waals surface area contributed by atoms with E-state index in [0.717, 1.165) is 23.7 Å². The Balaban J connectivity index is 1.43. The van der Waals surface area contributed by atoms with Gasteiger partial charge in [0, 0.05) is 24.6 Å². The summed E-state index contributed by atoms with van der Waals surface area (Å²) in [7, 11) is 0. The van der Waals surface area contributed by atoms with E-state index in [2.05, 4.69) is 19.6 Å². The van der Waals surface area contributed by atoms with Gasteiger partial charge in [-0.2, -0.15) is 4.37 Å². The number of hydrogen-bond donors (Lipinski definition) is 0. The largest absolute Gasteiger partial charge is 0.327 e. The van der Waals surface area contributed by atoms with Crippen LogP contribution < -0.4 is 0 Å². The first kappa shape index (κ1) is 18.9. The number of carbonyl (C=O) groups is 1. The summed E-state index contributed by atoms with van der Waals surface area (Å²) in [5.41, 5.74) is 0.236. The van der Waals surface area contributed by atoms with Gasteiger partial charge in [0.1, 0.15) is 5.82 Å². The summed E-state index contributed by atoms with van der Waals surface area (Å²) in [6.07, 6.45) is 2.28. The molecule has 7 nitrogen and oxygen atoms in total. The van der Waals surface area contributed by atoms with Crippen molar-refractivity contribution in [2.45, 2.75) is 38.3 Å². The highest BCUT2D eigenvalue weighted by Gasteiger charge is 2.34. The van der Waals surface area contributed by atoms with E-state index in [1.165, 1.54) is 23.7 Å². The first-order valence-electron chi connectivity index (χ1n) is 9.16. The first-order valence-corrected chi connectivity index (χ1v) is 10.7. The van der Waals surface area contributed by atoms with Crippen molar-refractivity contribution in [1.29, 1.82) is 0 Å². The maximum absolute atomic E-state index is 13.7. The van der Waals surface area contributed by atoms with Gasteiger partial charge in [-0.3, -0.25) is 4.79 Å². The van der Waals surface area contributed by atoms with Crippen LogP contribution in [0.3, 0.4) is 0 Å². The standard InChI is InChI=1S/C18H15Cl2FN6OS/c1-8-15-23-24-16(17-22-14(25-29-17)9-2-3-9)27(15)5-4-26(8)18(28)10-6-11(19)13(21)12(20)7-10/h6-9H,2-5H2,1H3/t8-/m1/s1. The van der Waals surface area contributed by atoms with Gasteiger partial charge in [-0.05, 0) is 43.4 Å². The molecule has 5 rings (SSSR count). The molecule has 0 spiro atoms. The van der Waals surface area contributed by atoms with Crippen LogP contribution in [0.2, 0.25) is 10.0 Å². The van der Waals surface area contributed by atoms with Crippen molar-refractivity contribution in [3.63, 3.8) is 0 Å². The average molecular weight is 453 g/mol. The van der Waals surface area contributed by atoms with Crippen molar-refractivity contribution >= 4 is 40.6 Å². The van der Waals surface area contributed by atoms with Gasteiger partial charge in [-0.25, -0.2) is 9.37 Å². The van der Waals surface area contributed by atoms with Crippen LogP contribution in [0, 0.1) is 5.82 Å². The van der Waals surface area contributed by atoms with Crippen molar-refractivity contribution in [3.8, 4) is 10.8 Å². The number of amides is 1. The molecular formula is C18H15Cl2FN6OS. The second-order valence-electron chi connectivity index (χ2n) is 7.19. The van der Waals surface area contributed by atoms with Crippen molar-refractivity contribution < 1.29 is 9.18 Å². The fourth-order valence-corrected chi connectivity index (χ4v) is 4.72. The average Bonchev–Trinajstić information content (AvgIpc) is 3.27. The summed E-state index contributed by atoms with van der Waals surface area (Å²) < 4.78 is 20.1. The molecule has 11 heteroatoms. The number of hydrogen-bond acceptors (Lipinski definition) is 6.